The first-order valence-corrected chi connectivity index (χ1v) is 15.2. The fraction of sp³-hybridized carbons (Fsp3) is 0.567. The van der Waals surface area contributed by atoms with Crippen LogP contribution in [0, 0.1) is 11.8 Å². The smallest absolute Gasteiger partial charge is 0.307 e. The van der Waals surface area contributed by atoms with Gasteiger partial charge in [0.1, 0.15) is 0 Å². The fourth-order valence-corrected chi connectivity index (χ4v) is 8.76. The number of fused-ring (bicyclic) bond motifs is 5. The lowest BCUT2D eigenvalue weighted by molar-refractivity contribution is -0.0485. The van der Waals surface area contributed by atoms with Gasteiger partial charge in [0, 0.05) is 30.4 Å². The Morgan fingerprint density at radius 2 is 1.55 bits per heavy atom. The molecule has 200 valence electrons. The van der Waals surface area contributed by atoms with Gasteiger partial charge in [0.2, 0.25) is 5.82 Å². The number of halogens is 1. The number of piperidine rings is 2. The molecule has 6 atom stereocenters. The van der Waals surface area contributed by atoms with Crippen LogP contribution >= 0.6 is 15.9 Å². The second kappa shape index (κ2) is 9.63. The minimum atomic E-state index is -0.417. The van der Waals surface area contributed by atoms with E-state index in [1.807, 2.05) is 28.8 Å². The maximum Gasteiger partial charge on any atom is 0.331 e. The van der Waals surface area contributed by atoms with Crippen molar-refractivity contribution in [2.75, 3.05) is 4.90 Å². The van der Waals surface area contributed by atoms with Crippen molar-refractivity contribution in [1.29, 1.82) is 0 Å². The molecule has 4 heterocycles. The van der Waals surface area contributed by atoms with Crippen molar-refractivity contribution in [3.63, 3.8) is 0 Å². The summed E-state index contributed by atoms with van der Waals surface area (Å²) in [5.41, 5.74) is 1.86. The highest BCUT2D eigenvalue weighted by Crippen LogP contribution is 2.47. The number of carbonyl (C=O) groups is 1. The predicted octanol–water partition coefficient (Wildman–Crippen LogP) is 6.20. The van der Waals surface area contributed by atoms with Crippen LogP contribution in [-0.2, 0) is 0 Å². The van der Waals surface area contributed by atoms with Gasteiger partial charge in [-0.25, -0.2) is 14.7 Å². The molecule has 0 radical (unpaired) electrons. The number of hydrogen-bond acceptors (Lipinski definition) is 4. The van der Waals surface area contributed by atoms with Gasteiger partial charge in [-0.15, -0.1) is 0 Å². The van der Waals surface area contributed by atoms with Gasteiger partial charge in [0.05, 0.1) is 21.2 Å². The summed E-state index contributed by atoms with van der Waals surface area (Å²) in [4.78, 5) is 36.0. The van der Waals surface area contributed by atoms with Crippen molar-refractivity contribution < 1.29 is 4.79 Å². The Hall–Kier alpha value is -2.45. The van der Waals surface area contributed by atoms with E-state index < -0.39 is 6.03 Å². The van der Waals surface area contributed by atoms with Gasteiger partial charge in [-0.05, 0) is 84.8 Å². The van der Waals surface area contributed by atoms with E-state index in [1.165, 1.54) is 62.7 Å². The molecule has 8 heteroatoms. The third-order valence-electron chi connectivity index (χ3n) is 9.91. The highest BCUT2D eigenvalue weighted by Gasteiger charge is 2.45. The minimum Gasteiger partial charge on any atom is -0.307 e. The molecule has 38 heavy (non-hydrogen) atoms. The Labute approximate surface area is 232 Å². The molecule has 2 saturated carbocycles. The highest BCUT2D eigenvalue weighted by molar-refractivity contribution is 9.12. The van der Waals surface area contributed by atoms with E-state index >= 15 is 0 Å². The summed E-state index contributed by atoms with van der Waals surface area (Å²) in [7, 11) is 0. The van der Waals surface area contributed by atoms with Crippen LogP contribution < -0.4 is 15.8 Å². The number of benzene rings is 1. The van der Waals surface area contributed by atoms with Crippen LogP contribution in [-0.4, -0.2) is 38.6 Å². The van der Waals surface area contributed by atoms with Gasteiger partial charge >= 0.3 is 6.03 Å². The topological polar surface area (TPSA) is 70.5 Å². The average Bonchev–Trinajstić information content (AvgIpc) is 2.89. The van der Waals surface area contributed by atoms with E-state index in [2.05, 4.69) is 37.7 Å². The zero-order valence-corrected chi connectivity index (χ0v) is 23.4. The number of anilines is 1. The summed E-state index contributed by atoms with van der Waals surface area (Å²) >= 11 is 3.45. The quantitative estimate of drug-likeness (QED) is 0.471. The molecule has 1 aromatic heterocycles. The summed E-state index contributed by atoms with van der Waals surface area (Å²) in [5, 5.41) is 2.73. The lowest BCUT2D eigenvalue weighted by Gasteiger charge is -2.55. The first kappa shape index (κ1) is 24.6. The van der Waals surface area contributed by atoms with E-state index in [0.717, 1.165) is 35.7 Å². The van der Waals surface area contributed by atoms with Crippen molar-refractivity contribution in [2.24, 2.45) is 11.8 Å². The zero-order chi connectivity index (χ0) is 26.0. The normalized spacial score (nSPS) is 33.7. The number of rotatable bonds is 3. The van der Waals surface area contributed by atoms with E-state index in [9.17, 15) is 9.59 Å². The molecule has 3 aliphatic heterocycles. The van der Waals surface area contributed by atoms with Crippen molar-refractivity contribution in [3.05, 3.63) is 57.6 Å². The Morgan fingerprint density at radius 1 is 0.868 bits per heavy atom. The van der Waals surface area contributed by atoms with Crippen LogP contribution in [0.3, 0.4) is 0 Å². The molecule has 4 fully saturated rings. The SMILES string of the molecule is C=C1NC(=O)N(c2nc3ccccc3n(C3C[C@H]4CCC[C@@H](C3)N4C3C[C@H]4CCC[C@@H](C3)C4)c2=O)C=C1Br. The zero-order valence-electron chi connectivity index (χ0n) is 21.8. The molecule has 7 nitrogen and oxygen atoms in total. The summed E-state index contributed by atoms with van der Waals surface area (Å²) in [6, 6.07) is 9.29. The summed E-state index contributed by atoms with van der Waals surface area (Å²) in [6.45, 7) is 3.85. The number of hydrogen-bond donors (Lipinski definition) is 1. The largest absolute Gasteiger partial charge is 0.331 e. The van der Waals surface area contributed by atoms with E-state index in [0.29, 0.717) is 28.3 Å². The maximum atomic E-state index is 14.1. The summed E-state index contributed by atoms with van der Waals surface area (Å²) in [6.07, 6.45) is 15.7. The van der Waals surface area contributed by atoms with E-state index in [4.69, 9.17) is 0 Å². The monoisotopic (exact) mass is 577 g/mol. The van der Waals surface area contributed by atoms with Gasteiger partial charge in [-0.2, -0.15) is 0 Å². The lowest BCUT2D eigenvalue weighted by atomic mass is 9.68. The van der Waals surface area contributed by atoms with Crippen molar-refractivity contribution in [3.8, 4) is 0 Å². The Kier molecular flexibility index (Phi) is 6.23. The van der Waals surface area contributed by atoms with Crippen molar-refractivity contribution >= 4 is 38.8 Å². The minimum absolute atomic E-state index is 0.0963. The molecular formula is C30H36BrN5O2. The average molecular weight is 579 g/mol. The Morgan fingerprint density at radius 3 is 2.29 bits per heavy atom. The Bertz CT molecular complexity index is 1360. The summed E-state index contributed by atoms with van der Waals surface area (Å²) in [5.74, 6) is 1.97. The molecule has 2 saturated heterocycles. The molecule has 4 bridgehead atoms. The highest BCUT2D eigenvalue weighted by atomic mass is 79.9. The molecule has 7 rings (SSSR count). The first-order chi connectivity index (χ1) is 18.5. The molecular weight excluding hydrogens is 542 g/mol. The maximum absolute atomic E-state index is 14.1. The lowest BCUT2D eigenvalue weighted by Crippen LogP contribution is -2.58. The number of nitrogens with zero attached hydrogens (tertiary/aromatic N) is 4. The third kappa shape index (κ3) is 4.15. The number of urea groups is 1. The van der Waals surface area contributed by atoms with E-state index in [1.54, 1.807) is 6.20 Å². The van der Waals surface area contributed by atoms with Crippen molar-refractivity contribution in [2.45, 2.75) is 94.8 Å². The molecule has 0 spiro atoms. The van der Waals surface area contributed by atoms with E-state index in [-0.39, 0.29) is 17.4 Å². The second-order valence-corrected chi connectivity index (χ2v) is 13.0. The van der Waals surface area contributed by atoms with Gasteiger partial charge in [0.25, 0.3) is 5.56 Å². The molecule has 2 aliphatic carbocycles. The fourth-order valence-electron chi connectivity index (χ4n) is 8.45. The van der Waals surface area contributed by atoms with Crippen LogP contribution in [0.2, 0.25) is 0 Å². The van der Waals surface area contributed by atoms with Crippen LogP contribution in [0.15, 0.2) is 52.0 Å². The van der Waals surface area contributed by atoms with Gasteiger partial charge in [0.15, 0.2) is 0 Å². The van der Waals surface area contributed by atoms with Crippen LogP contribution in [0.25, 0.3) is 11.0 Å². The van der Waals surface area contributed by atoms with Gasteiger partial charge < -0.3 is 9.88 Å². The second-order valence-electron chi connectivity index (χ2n) is 12.2. The molecule has 2 unspecified atom stereocenters. The summed E-state index contributed by atoms with van der Waals surface area (Å²) < 4.78 is 2.59. The molecule has 1 N–H and O–H groups in total. The van der Waals surface area contributed by atoms with Crippen LogP contribution in [0.5, 0.6) is 0 Å². The number of carbonyl (C=O) groups excluding carboxylic acids is 1. The number of nitrogens with one attached hydrogen (secondary N) is 1. The predicted molar refractivity (Wildman–Crippen MR) is 153 cm³/mol. The number of para-hydroxylation sites is 2. The molecule has 5 aliphatic rings. The number of aromatic nitrogens is 2. The molecule has 2 amide bonds. The van der Waals surface area contributed by atoms with Gasteiger partial charge in [-0.3, -0.25) is 9.69 Å². The van der Waals surface area contributed by atoms with Gasteiger partial charge in [-0.1, -0.05) is 44.4 Å². The number of allylic oxidation sites excluding steroid dienone is 1. The standard InChI is InChI=1S/C30H36BrN5O2/c1-18-25(31)17-34(30(38)32-18)28-29(37)36(27-11-3-2-10-26(27)33-28)24-15-21-8-5-9-22(16-24)35(21)23-13-19-6-4-7-20(12-19)14-23/h2-3,10-11,17,19-24H,1,4-9,12-16H2,(H,32,38)/t19-,20+,21-,22+,23?,24?. The molecule has 2 aromatic rings. The van der Waals surface area contributed by atoms with Crippen LogP contribution in [0.4, 0.5) is 10.6 Å². The number of amides is 2. The Balaban J connectivity index is 1.26. The van der Waals surface area contributed by atoms with Crippen molar-refractivity contribution in [1.82, 2.24) is 19.8 Å². The third-order valence-corrected chi connectivity index (χ3v) is 10.6. The first-order valence-electron chi connectivity index (χ1n) is 14.4. The molecule has 1 aromatic carbocycles. The van der Waals surface area contributed by atoms with Crippen LogP contribution in [0.1, 0.15) is 76.7 Å².